The molecule has 0 amide bonds. The SMILES string of the molecule is CN(C)Cc1cccc(COc2ccc(N)c(N)c2)c1. The molecule has 0 saturated carbocycles. The average molecular weight is 271 g/mol. The highest BCUT2D eigenvalue weighted by molar-refractivity contribution is 5.65. The van der Waals surface area contributed by atoms with Gasteiger partial charge in [-0.25, -0.2) is 0 Å². The summed E-state index contributed by atoms with van der Waals surface area (Å²) < 4.78 is 5.74. The van der Waals surface area contributed by atoms with Gasteiger partial charge in [-0.3, -0.25) is 0 Å². The van der Waals surface area contributed by atoms with E-state index in [1.165, 1.54) is 5.56 Å². The summed E-state index contributed by atoms with van der Waals surface area (Å²) in [6.45, 7) is 1.44. The molecule has 2 aromatic carbocycles. The molecular weight excluding hydrogens is 250 g/mol. The number of nitrogens with two attached hydrogens (primary N) is 2. The predicted octanol–water partition coefficient (Wildman–Crippen LogP) is 2.49. The van der Waals surface area contributed by atoms with E-state index in [-0.39, 0.29) is 0 Å². The first-order chi connectivity index (χ1) is 9.54. The van der Waals surface area contributed by atoms with Crippen molar-refractivity contribution >= 4 is 11.4 Å². The molecule has 20 heavy (non-hydrogen) atoms. The van der Waals surface area contributed by atoms with Gasteiger partial charge in [0.15, 0.2) is 0 Å². The molecule has 106 valence electrons. The van der Waals surface area contributed by atoms with E-state index in [1.54, 1.807) is 12.1 Å². The van der Waals surface area contributed by atoms with Crippen LogP contribution in [0.1, 0.15) is 11.1 Å². The third kappa shape index (κ3) is 3.90. The van der Waals surface area contributed by atoms with Crippen molar-refractivity contribution in [1.29, 1.82) is 0 Å². The molecule has 0 aliphatic carbocycles. The lowest BCUT2D eigenvalue weighted by Gasteiger charge is -2.12. The summed E-state index contributed by atoms with van der Waals surface area (Å²) in [6.07, 6.45) is 0. The molecule has 4 heteroatoms. The monoisotopic (exact) mass is 271 g/mol. The molecule has 4 N–H and O–H groups in total. The second-order valence-electron chi connectivity index (χ2n) is 5.14. The zero-order valence-electron chi connectivity index (χ0n) is 12.0. The van der Waals surface area contributed by atoms with Gasteiger partial charge < -0.3 is 21.1 Å². The van der Waals surface area contributed by atoms with Crippen molar-refractivity contribution in [2.75, 3.05) is 25.6 Å². The lowest BCUT2D eigenvalue weighted by molar-refractivity contribution is 0.306. The Morgan fingerprint density at radius 1 is 0.950 bits per heavy atom. The van der Waals surface area contributed by atoms with Crippen molar-refractivity contribution in [3.63, 3.8) is 0 Å². The smallest absolute Gasteiger partial charge is 0.122 e. The minimum atomic E-state index is 0.518. The minimum absolute atomic E-state index is 0.518. The van der Waals surface area contributed by atoms with Crippen molar-refractivity contribution in [3.8, 4) is 5.75 Å². The molecule has 2 aromatic rings. The van der Waals surface area contributed by atoms with Crippen LogP contribution in [0.3, 0.4) is 0 Å². The Bertz CT molecular complexity index is 582. The van der Waals surface area contributed by atoms with Crippen LogP contribution in [-0.2, 0) is 13.2 Å². The standard InChI is InChI=1S/C16H21N3O/c1-19(2)10-12-4-3-5-13(8-12)11-20-14-6-7-15(17)16(18)9-14/h3-9H,10-11,17-18H2,1-2H3. The van der Waals surface area contributed by atoms with Gasteiger partial charge in [0.05, 0.1) is 11.4 Å². The van der Waals surface area contributed by atoms with E-state index in [0.29, 0.717) is 18.0 Å². The van der Waals surface area contributed by atoms with Crippen LogP contribution in [0, 0.1) is 0 Å². The quantitative estimate of drug-likeness (QED) is 0.820. The van der Waals surface area contributed by atoms with Crippen LogP contribution >= 0.6 is 0 Å². The highest BCUT2D eigenvalue weighted by Crippen LogP contribution is 2.22. The fourth-order valence-electron chi connectivity index (χ4n) is 1.99. The summed E-state index contributed by atoms with van der Waals surface area (Å²) in [5, 5.41) is 0. The molecular formula is C16H21N3O. The van der Waals surface area contributed by atoms with Crippen LogP contribution in [0.4, 0.5) is 11.4 Å². The van der Waals surface area contributed by atoms with Gasteiger partial charge in [-0.2, -0.15) is 0 Å². The lowest BCUT2D eigenvalue weighted by Crippen LogP contribution is -2.10. The van der Waals surface area contributed by atoms with E-state index >= 15 is 0 Å². The fraction of sp³-hybridized carbons (Fsp3) is 0.250. The van der Waals surface area contributed by atoms with Crippen LogP contribution < -0.4 is 16.2 Å². The summed E-state index contributed by atoms with van der Waals surface area (Å²) in [6, 6.07) is 13.7. The topological polar surface area (TPSA) is 64.5 Å². The fourth-order valence-corrected chi connectivity index (χ4v) is 1.99. The largest absolute Gasteiger partial charge is 0.489 e. The summed E-state index contributed by atoms with van der Waals surface area (Å²) in [7, 11) is 4.11. The second kappa shape index (κ2) is 6.30. The van der Waals surface area contributed by atoms with E-state index in [4.69, 9.17) is 16.2 Å². The van der Waals surface area contributed by atoms with Gasteiger partial charge in [-0.05, 0) is 37.4 Å². The number of benzene rings is 2. The molecule has 4 nitrogen and oxygen atoms in total. The molecule has 0 bridgehead atoms. The average Bonchev–Trinajstić information content (AvgIpc) is 2.40. The molecule has 0 radical (unpaired) electrons. The Labute approximate surface area is 120 Å². The van der Waals surface area contributed by atoms with Gasteiger partial charge in [0.1, 0.15) is 12.4 Å². The molecule has 0 aliphatic heterocycles. The number of hydrogen-bond donors (Lipinski definition) is 2. The van der Waals surface area contributed by atoms with Gasteiger partial charge in [-0.1, -0.05) is 24.3 Å². The van der Waals surface area contributed by atoms with Crippen LogP contribution in [0.2, 0.25) is 0 Å². The normalized spacial score (nSPS) is 10.8. The van der Waals surface area contributed by atoms with Crippen LogP contribution in [-0.4, -0.2) is 19.0 Å². The summed E-state index contributed by atoms with van der Waals surface area (Å²) in [4.78, 5) is 2.14. The number of anilines is 2. The Balaban J connectivity index is 2.01. The van der Waals surface area contributed by atoms with Gasteiger partial charge in [0.25, 0.3) is 0 Å². The first-order valence-electron chi connectivity index (χ1n) is 6.55. The zero-order chi connectivity index (χ0) is 14.5. The number of ether oxygens (including phenoxy) is 1. The Hall–Kier alpha value is -2.20. The summed E-state index contributed by atoms with van der Waals surface area (Å²) in [5.74, 6) is 0.731. The second-order valence-corrected chi connectivity index (χ2v) is 5.14. The van der Waals surface area contributed by atoms with Crippen molar-refractivity contribution in [2.24, 2.45) is 0 Å². The summed E-state index contributed by atoms with van der Waals surface area (Å²) in [5.41, 5.74) is 15.0. The van der Waals surface area contributed by atoms with Crippen LogP contribution in [0.25, 0.3) is 0 Å². The van der Waals surface area contributed by atoms with Crippen molar-refractivity contribution in [2.45, 2.75) is 13.2 Å². The predicted molar refractivity (Wildman–Crippen MR) is 83.4 cm³/mol. The zero-order valence-corrected chi connectivity index (χ0v) is 12.0. The van der Waals surface area contributed by atoms with Gasteiger partial charge in [0.2, 0.25) is 0 Å². The number of nitrogen functional groups attached to an aromatic ring is 2. The third-order valence-corrected chi connectivity index (χ3v) is 2.95. The first-order valence-corrected chi connectivity index (χ1v) is 6.55. The molecule has 0 fully saturated rings. The van der Waals surface area contributed by atoms with Crippen molar-refractivity contribution in [3.05, 3.63) is 53.6 Å². The molecule has 0 aliphatic rings. The first kappa shape index (κ1) is 14.2. The van der Waals surface area contributed by atoms with Gasteiger partial charge in [-0.15, -0.1) is 0 Å². The molecule has 0 atom stereocenters. The van der Waals surface area contributed by atoms with E-state index in [1.807, 2.05) is 6.07 Å². The number of rotatable bonds is 5. The number of nitrogens with zero attached hydrogens (tertiary/aromatic N) is 1. The maximum absolute atomic E-state index is 5.76. The molecule has 0 heterocycles. The molecule has 0 unspecified atom stereocenters. The van der Waals surface area contributed by atoms with E-state index < -0.39 is 0 Å². The van der Waals surface area contributed by atoms with E-state index in [0.717, 1.165) is 17.9 Å². The molecule has 2 rings (SSSR count). The highest BCUT2D eigenvalue weighted by Gasteiger charge is 2.01. The highest BCUT2D eigenvalue weighted by atomic mass is 16.5. The van der Waals surface area contributed by atoms with Crippen LogP contribution in [0.5, 0.6) is 5.75 Å². The van der Waals surface area contributed by atoms with E-state index in [2.05, 4.69) is 43.3 Å². The maximum atomic E-state index is 5.76. The Morgan fingerprint density at radius 3 is 2.40 bits per heavy atom. The van der Waals surface area contributed by atoms with Crippen molar-refractivity contribution in [1.82, 2.24) is 4.90 Å². The molecule has 0 spiro atoms. The summed E-state index contributed by atoms with van der Waals surface area (Å²) >= 11 is 0. The van der Waals surface area contributed by atoms with Crippen molar-refractivity contribution < 1.29 is 4.74 Å². The number of hydrogen-bond acceptors (Lipinski definition) is 4. The Morgan fingerprint density at radius 2 is 1.70 bits per heavy atom. The van der Waals surface area contributed by atoms with Gasteiger partial charge in [0, 0.05) is 12.6 Å². The Kier molecular flexibility index (Phi) is 4.48. The molecule has 0 aromatic heterocycles. The molecule has 0 saturated heterocycles. The third-order valence-electron chi connectivity index (χ3n) is 2.95. The minimum Gasteiger partial charge on any atom is -0.489 e. The van der Waals surface area contributed by atoms with Gasteiger partial charge >= 0.3 is 0 Å². The maximum Gasteiger partial charge on any atom is 0.122 e. The lowest BCUT2D eigenvalue weighted by atomic mass is 10.1. The van der Waals surface area contributed by atoms with Crippen LogP contribution in [0.15, 0.2) is 42.5 Å². The van der Waals surface area contributed by atoms with E-state index in [9.17, 15) is 0 Å².